The van der Waals surface area contributed by atoms with Crippen molar-refractivity contribution in [1.29, 1.82) is 0 Å². The molecule has 1 saturated carbocycles. The zero-order chi connectivity index (χ0) is 19.1. The summed E-state index contributed by atoms with van der Waals surface area (Å²) in [4.78, 5) is 3.86. The van der Waals surface area contributed by atoms with Crippen molar-refractivity contribution in [3.05, 3.63) is 47.0 Å². The average Bonchev–Trinajstić information content (AvgIpc) is 2.59. The van der Waals surface area contributed by atoms with Gasteiger partial charge in [0.2, 0.25) is 5.88 Å². The van der Waals surface area contributed by atoms with Crippen LogP contribution in [0.4, 0.5) is 4.39 Å². The number of rotatable bonds is 9. The Morgan fingerprint density at radius 1 is 1.38 bits per heavy atom. The van der Waals surface area contributed by atoms with Crippen LogP contribution in [0.1, 0.15) is 47.0 Å². The number of nitrogens with zero attached hydrogens (tertiary/aromatic N) is 1. The summed E-state index contributed by atoms with van der Waals surface area (Å²) >= 11 is 0. The van der Waals surface area contributed by atoms with Crippen molar-refractivity contribution >= 4 is 6.72 Å². The number of dihydropyridines is 1. The van der Waals surface area contributed by atoms with Crippen LogP contribution in [0.2, 0.25) is 0 Å². The second-order valence-corrected chi connectivity index (χ2v) is 7.68. The first-order chi connectivity index (χ1) is 12.4. The van der Waals surface area contributed by atoms with Crippen molar-refractivity contribution in [2.24, 2.45) is 22.7 Å². The molecule has 4 heteroatoms. The molecule has 0 aromatic heterocycles. The molecule has 0 radical (unpaired) electrons. The van der Waals surface area contributed by atoms with E-state index in [0.29, 0.717) is 11.8 Å². The fourth-order valence-electron chi connectivity index (χ4n) is 2.97. The molecule has 1 aliphatic carbocycles. The Kier molecular flexibility index (Phi) is 7.67. The molecule has 1 fully saturated rings. The van der Waals surface area contributed by atoms with E-state index in [-0.39, 0.29) is 12.5 Å². The van der Waals surface area contributed by atoms with Crippen LogP contribution in [0.5, 0.6) is 0 Å². The zero-order valence-electron chi connectivity index (χ0n) is 16.6. The molecular formula is C22H33FN2O. The Balaban J connectivity index is 1.99. The van der Waals surface area contributed by atoms with Crippen LogP contribution in [0.15, 0.2) is 52.0 Å². The number of allylic oxidation sites excluding steroid dienone is 6. The van der Waals surface area contributed by atoms with Crippen molar-refractivity contribution in [3.63, 3.8) is 0 Å². The normalized spacial score (nSPS) is 21.3. The summed E-state index contributed by atoms with van der Waals surface area (Å²) in [5.41, 5.74) is 3.96. The van der Waals surface area contributed by atoms with Crippen molar-refractivity contribution < 1.29 is 9.13 Å². The Bertz CT molecular complexity index is 612. The number of hydrogen-bond acceptors (Lipinski definition) is 3. The maximum absolute atomic E-state index is 13.7. The second-order valence-electron chi connectivity index (χ2n) is 7.68. The van der Waals surface area contributed by atoms with Gasteiger partial charge in [0, 0.05) is 24.2 Å². The summed E-state index contributed by atoms with van der Waals surface area (Å²) < 4.78 is 19.1. The summed E-state index contributed by atoms with van der Waals surface area (Å²) in [5.74, 6) is 1.33. The van der Waals surface area contributed by atoms with E-state index in [9.17, 15) is 4.39 Å². The minimum atomic E-state index is -1.00. The molecule has 2 unspecified atom stereocenters. The molecule has 1 N–H and O–H groups in total. The zero-order valence-corrected chi connectivity index (χ0v) is 16.6. The highest BCUT2D eigenvalue weighted by molar-refractivity contribution is 5.36. The number of alkyl halides is 1. The van der Waals surface area contributed by atoms with E-state index in [1.54, 1.807) is 6.08 Å². The van der Waals surface area contributed by atoms with Crippen LogP contribution in [-0.2, 0) is 4.74 Å². The second kappa shape index (κ2) is 9.75. The average molecular weight is 361 g/mol. The molecule has 2 atom stereocenters. The molecule has 144 valence electrons. The fraction of sp³-hybridized carbons (Fsp3) is 0.591. The lowest BCUT2D eigenvalue weighted by Gasteiger charge is -2.31. The number of ether oxygens (including phenoxy) is 1. The first kappa shape index (κ1) is 20.5. The Morgan fingerprint density at radius 3 is 2.69 bits per heavy atom. The van der Waals surface area contributed by atoms with Gasteiger partial charge in [-0.1, -0.05) is 44.9 Å². The van der Waals surface area contributed by atoms with Gasteiger partial charge in [-0.15, -0.1) is 0 Å². The molecule has 0 saturated heterocycles. The molecule has 0 bridgehead atoms. The van der Waals surface area contributed by atoms with Gasteiger partial charge in [-0.2, -0.15) is 0 Å². The van der Waals surface area contributed by atoms with Crippen molar-refractivity contribution in [3.8, 4) is 0 Å². The van der Waals surface area contributed by atoms with Crippen molar-refractivity contribution in [1.82, 2.24) is 5.32 Å². The Morgan fingerprint density at radius 2 is 2.12 bits per heavy atom. The first-order valence-electron chi connectivity index (χ1n) is 9.70. The maximum Gasteiger partial charge on any atom is 0.212 e. The van der Waals surface area contributed by atoms with Crippen LogP contribution in [0, 0.1) is 17.8 Å². The van der Waals surface area contributed by atoms with Gasteiger partial charge in [-0.05, 0) is 50.0 Å². The highest BCUT2D eigenvalue weighted by Crippen LogP contribution is 2.34. The molecule has 2 rings (SSSR count). The summed E-state index contributed by atoms with van der Waals surface area (Å²) in [5, 5.41) is 3.52. The maximum atomic E-state index is 13.7. The van der Waals surface area contributed by atoms with E-state index >= 15 is 0 Å². The van der Waals surface area contributed by atoms with Crippen LogP contribution < -0.4 is 5.32 Å². The van der Waals surface area contributed by atoms with Crippen LogP contribution in [-0.4, -0.2) is 26.0 Å². The van der Waals surface area contributed by atoms with Gasteiger partial charge in [0.05, 0.1) is 0 Å². The largest absolute Gasteiger partial charge is 0.475 e. The Hall–Kier alpha value is -1.84. The van der Waals surface area contributed by atoms with Gasteiger partial charge in [0.1, 0.15) is 12.8 Å². The number of aliphatic imine (C=N–C) groups is 1. The lowest BCUT2D eigenvalue weighted by Crippen LogP contribution is -2.28. The predicted molar refractivity (Wildman–Crippen MR) is 108 cm³/mol. The fourth-order valence-corrected chi connectivity index (χ4v) is 2.97. The number of nitrogens with one attached hydrogen (secondary N) is 1. The number of halogens is 1. The van der Waals surface area contributed by atoms with E-state index in [4.69, 9.17) is 4.74 Å². The third-order valence-electron chi connectivity index (χ3n) is 5.45. The SMILES string of the molecule is C=N/C(=C\C=C(/C)C(C)C1=CCNC(C2CCC2)=C1)OCC(F)C(C)C. The molecule has 0 spiro atoms. The standard InChI is InChI=1S/C22H33FN2O/c1-15(2)20(23)14-26-22(24-5)10-9-16(3)17(4)19-11-12-25-21(13-19)18-7-6-8-18/h9-11,13,15,17-18,20,25H,5-8,12,14H2,1-4H3/b16-9+,22-10+. The van der Waals surface area contributed by atoms with Gasteiger partial charge in [0.25, 0.3) is 0 Å². The quantitative estimate of drug-likeness (QED) is 0.342. The first-order valence-corrected chi connectivity index (χ1v) is 9.70. The molecular weight excluding hydrogens is 327 g/mol. The van der Waals surface area contributed by atoms with E-state index < -0.39 is 6.17 Å². The predicted octanol–water partition coefficient (Wildman–Crippen LogP) is 5.34. The van der Waals surface area contributed by atoms with E-state index in [0.717, 1.165) is 12.5 Å². The van der Waals surface area contributed by atoms with Gasteiger partial charge in [-0.25, -0.2) is 9.38 Å². The van der Waals surface area contributed by atoms with Gasteiger partial charge in [0.15, 0.2) is 0 Å². The molecule has 0 aromatic carbocycles. The van der Waals surface area contributed by atoms with E-state index in [1.807, 2.05) is 19.9 Å². The van der Waals surface area contributed by atoms with Gasteiger partial charge in [-0.3, -0.25) is 0 Å². The molecule has 2 aliphatic rings. The van der Waals surface area contributed by atoms with Crippen molar-refractivity contribution in [2.75, 3.05) is 13.2 Å². The van der Waals surface area contributed by atoms with Gasteiger partial charge < -0.3 is 10.1 Å². The van der Waals surface area contributed by atoms with Crippen LogP contribution >= 0.6 is 0 Å². The molecule has 3 nitrogen and oxygen atoms in total. The summed E-state index contributed by atoms with van der Waals surface area (Å²) in [6.07, 6.45) is 11.3. The summed E-state index contributed by atoms with van der Waals surface area (Å²) in [6, 6.07) is 0. The smallest absolute Gasteiger partial charge is 0.212 e. The topological polar surface area (TPSA) is 33.6 Å². The monoisotopic (exact) mass is 360 g/mol. The van der Waals surface area contributed by atoms with Crippen molar-refractivity contribution in [2.45, 2.75) is 53.1 Å². The molecule has 0 amide bonds. The van der Waals surface area contributed by atoms with Crippen LogP contribution in [0.3, 0.4) is 0 Å². The lowest BCUT2D eigenvalue weighted by atomic mass is 9.80. The van der Waals surface area contributed by atoms with E-state index in [1.165, 1.54) is 36.1 Å². The van der Waals surface area contributed by atoms with E-state index in [2.05, 4.69) is 43.0 Å². The third kappa shape index (κ3) is 5.58. The molecule has 0 aromatic rings. The molecule has 1 aliphatic heterocycles. The molecule has 1 heterocycles. The number of hydrogen-bond donors (Lipinski definition) is 1. The van der Waals surface area contributed by atoms with Crippen LogP contribution in [0.25, 0.3) is 0 Å². The summed E-state index contributed by atoms with van der Waals surface area (Å²) in [6.45, 7) is 12.4. The van der Waals surface area contributed by atoms with Gasteiger partial charge >= 0.3 is 0 Å². The molecule has 26 heavy (non-hydrogen) atoms. The summed E-state index contributed by atoms with van der Waals surface area (Å²) in [7, 11) is 0. The highest BCUT2D eigenvalue weighted by atomic mass is 19.1. The lowest BCUT2D eigenvalue weighted by molar-refractivity contribution is 0.106. The third-order valence-corrected chi connectivity index (χ3v) is 5.45. The highest BCUT2D eigenvalue weighted by Gasteiger charge is 2.24. The minimum Gasteiger partial charge on any atom is -0.475 e. The minimum absolute atomic E-state index is 0.00920. The Labute approximate surface area is 157 Å².